The number of thiophene rings is 1. The van der Waals surface area contributed by atoms with Crippen molar-refractivity contribution < 1.29 is 13.2 Å². The summed E-state index contributed by atoms with van der Waals surface area (Å²) in [5.74, 6) is 2.06. The number of para-hydroxylation sites is 1. The van der Waals surface area contributed by atoms with Crippen molar-refractivity contribution in [3.05, 3.63) is 84.2 Å². The van der Waals surface area contributed by atoms with E-state index in [2.05, 4.69) is 15.1 Å². The average Bonchev–Trinajstić information content (AvgIpc) is 3.40. The van der Waals surface area contributed by atoms with E-state index in [0.29, 0.717) is 37.7 Å². The van der Waals surface area contributed by atoms with Crippen molar-refractivity contribution >= 4 is 27.2 Å². The molecule has 1 saturated heterocycles. The van der Waals surface area contributed by atoms with Gasteiger partial charge in [0.25, 0.3) is 0 Å². The number of benzene rings is 2. The molecule has 0 bridgehead atoms. The van der Waals surface area contributed by atoms with Crippen molar-refractivity contribution in [3.63, 3.8) is 0 Å². The molecule has 5 rings (SSSR count). The topological polar surface area (TPSA) is 75.6 Å². The van der Waals surface area contributed by atoms with Crippen LogP contribution in [-0.4, -0.2) is 49.1 Å². The molecule has 1 aliphatic heterocycles. The van der Waals surface area contributed by atoms with E-state index in [-0.39, 0.29) is 4.90 Å². The fraction of sp³-hybridized carbons (Fsp3) is 0.167. The number of sulfonamides is 1. The lowest BCUT2D eigenvalue weighted by molar-refractivity contribution is 0.383. The summed E-state index contributed by atoms with van der Waals surface area (Å²) in [7, 11) is -3.58. The second-order valence-corrected chi connectivity index (χ2v) is 10.4. The van der Waals surface area contributed by atoms with Crippen LogP contribution in [0.25, 0.3) is 10.6 Å². The number of ether oxygens (including phenoxy) is 1. The summed E-state index contributed by atoms with van der Waals surface area (Å²) in [5, 5.41) is 10.7. The van der Waals surface area contributed by atoms with Gasteiger partial charge in [-0.2, -0.15) is 4.31 Å². The van der Waals surface area contributed by atoms with Gasteiger partial charge in [0.05, 0.1) is 9.77 Å². The highest BCUT2D eigenvalue weighted by Crippen LogP contribution is 2.26. The first kappa shape index (κ1) is 21.6. The Labute approximate surface area is 196 Å². The predicted octanol–water partition coefficient (Wildman–Crippen LogP) is 4.51. The van der Waals surface area contributed by atoms with Gasteiger partial charge in [0.15, 0.2) is 5.82 Å². The van der Waals surface area contributed by atoms with E-state index in [9.17, 15) is 8.42 Å². The number of anilines is 1. The van der Waals surface area contributed by atoms with E-state index < -0.39 is 10.0 Å². The third kappa shape index (κ3) is 4.75. The molecule has 0 atom stereocenters. The molecule has 0 radical (unpaired) electrons. The fourth-order valence-corrected chi connectivity index (χ4v) is 5.77. The molecule has 0 saturated carbocycles. The number of piperazine rings is 1. The Morgan fingerprint density at radius 2 is 1.48 bits per heavy atom. The van der Waals surface area contributed by atoms with Crippen LogP contribution in [0.1, 0.15) is 0 Å². The highest BCUT2D eigenvalue weighted by atomic mass is 32.2. The zero-order valence-electron chi connectivity index (χ0n) is 17.7. The van der Waals surface area contributed by atoms with Crippen LogP contribution in [0.3, 0.4) is 0 Å². The SMILES string of the molecule is O=S(=O)(c1ccc(Oc2ccccc2)cc1)N1CCN(c2ccc(-c3cccs3)nn2)CC1. The van der Waals surface area contributed by atoms with E-state index in [4.69, 9.17) is 4.74 Å². The lowest BCUT2D eigenvalue weighted by Crippen LogP contribution is -2.48. The first-order valence-corrected chi connectivity index (χ1v) is 12.9. The van der Waals surface area contributed by atoms with Crippen LogP contribution < -0.4 is 9.64 Å². The normalized spacial score (nSPS) is 14.8. The summed E-state index contributed by atoms with van der Waals surface area (Å²) in [5.41, 5.74) is 0.842. The largest absolute Gasteiger partial charge is 0.457 e. The van der Waals surface area contributed by atoms with Gasteiger partial charge in [0, 0.05) is 26.2 Å². The molecule has 0 N–H and O–H groups in total. The molecule has 1 fully saturated rings. The summed E-state index contributed by atoms with van der Waals surface area (Å²) >= 11 is 1.62. The number of rotatable bonds is 6. The quantitative estimate of drug-likeness (QED) is 0.406. The zero-order valence-corrected chi connectivity index (χ0v) is 19.4. The number of hydrogen-bond donors (Lipinski definition) is 0. The van der Waals surface area contributed by atoms with E-state index in [0.717, 1.165) is 16.4 Å². The van der Waals surface area contributed by atoms with Crippen LogP contribution in [0.4, 0.5) is 5.82 Å². The molecule has 0 unspecified atom stereocenters. The van der Waals surface area contributed by atoms with Crippen molar-refractivity contribution in [1.82, 2.24) is 14.5 Å². The van der Waals surface area contributed by atoms with Crippen molar-refractivity contribution in [3.8, 4) is 22.1 Å². The first-order valence-electron chi connectivity index (χ1n) is 10.6. The number of nitrogens with zero attached hydrogens (tertiary/aromatic N) is 4. The van der Waals surface area contributed by atoms with Crippen LogP contribution in [0.5, 0.6) is 11.5 Å². The molecular formula is C24H22N4O3S2. The second kappa shape index (κ2) is 9.30. The molecule has 168 valence electrons. The number of hydrogen-bond acceptors (Lipinski definition) is 7. The summed E-state index contributed by atoms with van der Waals surface area (Å²) in [6.07, 6.45) is 0. The van der Waals surface area contributed by atoms with Gasteiger partial charge in [-0.25, -0.2) is 8.42 Å². The molecular weight excluding hydrogens is 456 g/mol. The molecule has 33 heavy (non-hydrogen) atoms. The molecule has 4 aromatic rings. The van der Waals surface area contributed by atoms with Crippen molar-refractivity contribution in [1.29, 1.82) is 0 Å². The highest BCUT2D eigenvalue weighted by Gasteiger charge is 2.29. The second-order valence-electron chi connectivity index (χ2n) is 7.53. The predicted molar refractivity (Wildman–Crippen MR) is 129 cm³/mol. The van der Waals surface area contributed by atoms with Gasteiger partial charge >= 0.3 is 0 Å². The van der Waals surface area contributed by atoms with Gasteiger partial charge in [0.2, 0.25) is 10.0 Å². The monoisotopic (exact) mass is 478 g/mol. The molecule has 0 aliphatic carbocycles. The van der Waals surface area contributed by atoms with E-state index in [1.807, 2.05) is 60.0 Å². The number of aromatic nitrogens is 2. The Morgan fingerprint density at radius 1 is 0.758 bits per heavy atom. The minimum atomic E-state index is -3.58. The standard InChI is InChI=1S/C24H22N4O3S2/c29-33(30,21-10-8-20(9-11-21)31-19-5-2-1-3-6-19)28-16-14-27(15-17-28)24-13-12-22(25-26-24)23-7-4-18-32-23/h1-13,18H,14-17H2. The Balaban J connectivity index is 1.22. The smallest absolute Gasteiger partial charge is 0.243 e. The fourth-order valence-electron chi connectivity index (χ4n) is 3.66. The Kier molecular flexibility index (Phi) is 6.08. The van der Waals surface area contributed by atoms with Crippen LogP contribution in [0.2, 0.25) is 0 Å². The van der Waals surface area contributed by atoms with Gasteiger partial charge in [-0.15, -0.1) is 21.5 Å². The molecule has 3 heterocycles. The molecule has 9 heteroatoms. The summed E-state index contributed by atoms with van der Waals surface area (Å²) in [6, 6.07) is 23.8. The molecule has 2 aromatic carbocycles. The Hall–Kier alpha value is -3.27. The molecule has 7 nitrogen and oxygen atoms in total. The van der Waals surface area contributed by atoms with E-state index in [1.165, 1.54) is 4.31 Å². The van der Waals surface area contributed by atoms with Crippen molar-refractivity contribution in [2.75, 3.05) is 31.1 Å². The van der Waals surface area contributed by atoms with E-state index >= 15 is 0 Å². The third-order valence-corrected chi connectivity index (χ3v) is 8.23. The van der Waals surface area contributed by atoms with Crippen LogP contribution in [-0.2, 0) is 10.0 Å². The van der Waals surface area contributed by atoms with Crippen LogP contribution in [0, 0.1) is 0 Å². The van der Waals surface area contributed by atoms with Gasteiger partial charge in [-0.05, 0) is 60.0 Å². The van der Waals surface area contributed by atoms with Crippen LogP contribution >= 0.6 is 11.3 Å². The summed E-state index contributed by atoms with van der Waals surface area (Å²) in [4.78, 5) is 3.40. The van der Waals surface area contributed by atoms with Crippen molar-refractivity contribution in [2.45, 2.75) is 4.90 Å². The summed E-state index contributed by atoms with van der Waals surface area (Å²) in [6.45, 7) is 1.89. The van der Waals surface area contributed by atoms with Gasteiger partial charge in [-0.1, -0.05) is 24.3 Å². The Bertz CT molecular complexity index is 1290. The zero-order chi connectivity index (χ0) is 22.7. The molecule has 1 aliphatic rings. The first-order chi connectivity index (χ1) is 16.1. The third-order valence-electron chi connectivity index (χ3n) is 5.43. The highest BCUT2D eigenvalue weighted by molar-refractivity contribution is 7.89. The lowest BCUT2D eigenvalue weighted by Gasteiger charge is -2.34. The van der Waals surface area contributed by atoms with Gasteiger partial charge < -0.3 is 9.64 Å². The molecule has 0 amide bonds. The maximum atomic E-state index is 13.1. The van der Waals surface area contributed by atoms with Gasteiger partial charge in [-0.3, -0.25) is 0 Å². The van der Waals surface area contributed by atoms with Crippen LogP contribution in [0.15, 0.2) is 89.1 Å². The average molecular weight is 479 g/mol. The minimum absolute atomic E-state index is 0.261. The van der Waals surface area contributed by atoms with Gasteiger partial charge in [0.1, 0.15) is 17.2 Å². The minimum Gasteiger partial charge on any atom is -0.457 e. The lowest BCUT2D eigenvalue weighted by atomic mass is 10.3. The summed E-state index contributed by atoms with van der Waals surface area (Å²) < 4.78 is 33.5. The molecule has 0 spiro atoms. The maximum Gasteiger partial charge on any atom is 0.243 e. The maximum absolute atomic E-state index is 13.1. The Morgan fingerprint density at radius 3 is 2.12 bits per heavy atom. The van der Waals surface area contributed by atoms with E-state index in [1.54, 1.807) is 35.6 Å². The molecule has 2 aromatic heterocycles. The van der Waals surface area contributed by atoms with Crippen molar-refractivity contribution in [2.24, 2.45) is 0 Å².